The van der Waals surface area contributed by atoms with Crippen molar-refractivity contribution in [1.29, 1.82) is 0 Å². The smallest absolute Gasteiger partial charge is 0.300 e. The minimum absolute atomic E-state index is 0.0151. The van der Waals surface area contributed by atoms with Crippen molar-refractivity contribution in [1.82, 2.24) is 19.9 Å². The van der Waals surface area contributed by atoms with Gasteiger partial charge in [0.25, 0.3) is 11.6 Å². The molecule has 1 saturated heterocycles. The Morgan fingerprint density at radius 2 is 2.03 bits per heavy atom. The van der Waals surface area contributed by atoms with Gasteiger partial charge < -0.3 is 10.1 Å². The molecule has 150 valence electrons. The van der Waals surface area contributed by atoms with E-state index >= 15 is 0 Å². The number of ether oxygens (including phenoxy) is 1. The maximum absolute atomic E-state index is 14.2. The van der Waals surface area contributed by atoms with Crippen LogP contribution >= 0.6 is 0 Å². The summed E-state index contributed by atoms with van der Waals surface area (Å²) in [6.45, 7) is 0.848. The minimum atomic E-state index is -0.577. The second kappa shape index (κ2) is 8.08. The highest BCUT2D eigenvalue weighted by atomic mass is 19.1. The van der Waals surface area contributed by atoms with Crippen LogP contribution in [0.3, 0.4) is 0 Å². The van der Waals surface area contributed by atoms with Gasteiger partial charge in [-0.05, 0) is 43.1 Å². The molecular formula is C21H20F2N4O2. The minimum Gasteiger partial charge on any atom is -0.455 e. The van der Waals surface area contributed by atoms with Crippen molar-refractivity contribution in [2.45, 2.75) is 25.0 Å². The highest BCUT2D eigenvalue weighted by molar-refractivity contribution is 5.58. The van der Waals surface area contributed by atoms with Crippen LogP contribution in [0, 0.1) is 11.6 Å². The van der Waals surface area contributed by atoms with Crippen molar-refractivity contribution in [3.8, 4) is 17.3 Å². The van der Waals surface area contributed by atoms with E-state index in [0.29, 0.717) is 0 Å². The van der Waals surface area contributed by atoms with Crippen LogP contribution in [-0.2, 0) is 7.05 Å². The summed E-state index contributed by atoms with van der Waals surface area (Å²) in [5, 5.41) is 3.38. The zero-order chi connectivity index (χ0) is 20.4. The monoisotopic (exact) mass is 398 g/mol. The number of pyridine rings is 1. The third kappa shape index (κ3) is 4.02. The van der Waals surface area contributed by atoms with Crippen molar-refractivity contribution >= 4 is 0 Å². The summed E-state index contributed by atoms with van der Waals surface area (Å²) in [4.78, 5) is 20.6. The molecule has 3 aromatic rings. The van der Waals surface area contributed by atoms with E-state index in [0.717, 1.165) is 31.1 Å². The first-order valence-electron chi connectivity index (χ1n) is 9.36. The average Bonchev–Trinajstić information content (AvgIpc) is 3.25. The van der Waals surface area contributed by atoms with Crippen LogP contribution in [0.5, 0.6) is 6.01 Å². The Balaban J connectivity index is 1.75. The molecule has 29 heavy (non-hydrogen) atoms. The summed E-state index contributed by atoms with van der Waals surface area (Å²) >= 11 is 0. The highest BCUT2D eigenvalue weighted by Crippen LogP contribution is 2.29. The first-order chi connectivity index (χ1) is 14.0. The molecule has 1 aliphatic heterocycles. The van der Waals surface area contributed by atoms with E-state index < -0.39 is 11.9 Å². The maximum atomic E-state index is 14.2. The predicted octanol–water partition coefficient (Wildman–Crippen LogP) is 2.99. The lowest BCUT2D eigenvalue weighted by atomic mass is 10.0. The number of nitrogens with zero attached hydrogens (tertiary/aromatic N) is 3. The molecule has 1 fully saturated rings. The van der Waals surface area contributed by atoms with Crippen molar-refractivity contribution in [3.05, 3.63) is 76.3 Å². The van der Waals surface area contributed by atoms with Gasteiger partial charge in [-0.1, -0.05) is 12.1 Å². The molecule has 0 amide bonds. The molecule has 0 spiro atoms. The summed E-state index contributed by atoms with van der Waals surface area (Å²) < 4.78 is 35.0. The van der Waals surface area contributed by atoms with E-state index in [1.54, 1.807) is 19.2 Å². The quantitative estimate of drug-likeness (QED) is 0.716. The van der Waals surface area contributed by atoms with E-state index in [-0.39, 0.29) is 34.7 Å². The van der Waals surface area contributed by atoms with Gasteiger partial charge >= 0.3 is 0 Å². The Labute approximate surface area is 166 Å². The fraction of sp³-hybridized carbons (Fsp3) is 0.286. The fourth-order valence-corrected chi connectivity index (χ4v) is 3.46. The van der Waals surface area contributed by atoms with Crippen molar-refractivity contribution in [3.63, 3.8) is 0 Å². The molecule has 0 bridgehead atoms. The number of hydrogen-bond donors (Lipinski definition) is 1. The Kier molecular flexibility index (Phi) is 5.35. The highest BCUT2D eigenvalue weighted by Gasteiger charge is 2.29. The number of nitrogens with one attached hydrogen (secondary N) is 1. The molecule has 3 heterocycles. The molecule has 1 N–H and O–H groups in total. The Morgan fingerprint density at radius 3 is 2.72 bits per heavy atom. The van der Waals surface area contributed by atoms with Crippen LogP contribution in [0.25, 0.3) is 11.3 Å². The molecule has 2 unspecified atom stereocenters. The van der Waals surface area contributed by atoms with Gasteiger partial charge in [0.15, 0.2) is 5.82 Å². The molecule has 2 aromatic heterocycles. The second-order valence-corrected chi connectivity index (χ2v) is 6.97. The number of benzene rings is 1. The molecule has 6 nitrogen and oxygen atoms in total. The van der Waals surface area contributed by atoms with E-state index in [1.165, 1.54) is 35.0 Å². The summed E-state index contributed by atoms with van der Waals surface area (Å²) in [5.74, 6) is -0.917. The lowest BCUT2D eigenvalue weighted by Gasteiger charge is -2.25. The standard InChI is InChI=1S/C21H20F2N4O2/c1-27-19(28)11-18(15-8-10-24-12-16(15)23)26-21(27)29-20(17-3-2-9-25-17)13-4-6-14(22)7-5-13/h4-8,10-12,17,20,25H,2-3,9H2,1H3. The van der Waals surface area contributed by atoms with E-state index in [2.05, 4.69) is 15.3 Å². The molecule has 0 aliphatic carbocycles. The third-order valence-corrected chi connectivity index (χ3v) is 5.04. The molecule has 4 rings (SSSR count). The van der Waals surface area contributed by atoms with Crippen molar-refractivity contribution < 1.29 is 13.5 Å². The lowest BCUT2D eigenvalue weighted by Crippen LogP contribution is -2.34. The van der Waals surface area contributed by atoms with Crippen LogP contribution < -0.4 is 15.6 Å². The van der Waals surface area contributed by atoms with Crippen molar-refractivity contribution in [2.24, 2.45) is 7.05 Å². The van der Waals surface area contributed by atoms with E-state index in [9.17, 15) is 13.6 Å². The average molecular weight is 398 g/mol. The van der Waals surface area contributed by atoms with Gasteiger partial charge in [-0.25, -0.2) is 8.78 Å². The van der Waals surface area contributed by atoms with Gasteiger partial charge in [0, 0.05) is 30.9 Å². The van der Waals surface area contributed by atoms with Crippen LogP contribution in [0.15, 0.2) is 53.6 Å². The zero-order valence-corrected chi connectivity index (χ0v) is 15.8. The molecule has 2 atom stereocenters. The Morgan fingerprint density at radius 1 is 1.24 bits per heavy atom. The Bertz CT molecular complexity index is 1060. The van der Waals surface area contributed by atoms with Gasteiger partial charge in [-0.3, -0.25) is 14.3 Å². The maximum Gasteiger partial charge on any atom is 0.300 e. The molecule has 8 heteroatoms. The number of rotatable bonds is 5. The second-order valence-electron chi connectivity index (χ2n) is 6.97. The first kappa shape index (κ1) is 19.2. The largest absolute Gasteiger partial charge is 0.455 e. The molecule has 0 radical (unpaired) electrons. The summed E-state index contributed by atoms with van der Waals surface area (Å²) in [5.41, 5.74) is 0.721. The van der Waals surface area contributed by atoms with Crippen molar-refractivity contribution in [2.75, 3.05) is 6.54 Å². The number of hydrogen-bond acceptors (Lipinski definition) is 5. The molecule has 1 aliphatic rings. The third-order valence-electron chi connectivity index (χ3n) is 5.04. The van der Waals surface area contributed by atoms with Gasteiger partial charge in [0.1, 0.15) is 11.9 Å². The number of halogens is 2. The van der Waals surface area contributed by atoms with Gasteiger partial charge in [-0.15, -0.1) is 0 Å². The molecule has 0 saturated carbocycles. The predicted molar refractivity (Wildman–Crippen MR) is 103 cm³/mol. The van der Waals surface area contributed by atoms with Crippen LogP contribution in [-0.4, -0.2) is 27.1 Å². The SMILES string of the molecule is Cn1c(OC(c2ccc(F)cc2)C2CCCN2)nc(-c2ccncc2F)cc1=O. The number of aromatic nitrogens is 3. The first-order valence-corrected chi connectivity index (χ1v) is 9.36. The van der Waals surface area contributed by atoms with Gasteiger partial charge in [0.05, 0.1) is 11.9 Å². The zero-order valence-electron chi connectivity index (χ0n) is 15.8. The normalized spacial score (nSPS) is 17.3. The summed E-state index contributed by atoms with van der Waals surface area (Å²) in [6.07, 6.45) is 3.88. The van der Waals surface area contributed by atoms with Gasteiger partial charge in [0.2, 0.25) is 0 Å². The topological polar surface area (TPSA) is 69.0 Å². The van der Waals surface area contributed by atoms with Gasteiger partial charge in [-0.2, -0.15) is 4.98 Å². The van der Waals surface area contributed by atoms with Crippen LogP contribution in [0.2, 0.25) is 0 Å². The van der Waals surface area contributed by atoms with E-state index in [1.807, 2.05) is 0 Å². The molecular weight excluding hydrogens is 378 g/mol. The molecule has 1 aromatic carbocycles. The summed E-state index contributed by atoms with van der Waals surface area (Å²) in [7, 11) is 1.54. The lowest BCUT2D eigenvalue weighted by molar-refractivity contribution is 0.142. The van der Waals surface area contributed by atoms with Crippen LogP contribution in [0.4, 0.5) is 8.78 Å². The Hall–Kier alpha value is -3.13. The van der Waals surface area contributed by atoms with Crippen LogP contribution in [0.1, 0.15) is 24.5 Å². The fourth-order valence-electron chi connectivity index (χ4n) is 3.46. The van der Waals surface area contributed by atoms with E-state index in [4.69, 9.17) is 4.74 Å². The summed E-state index contributed by atoms with van der Waals surface area (Å²) in [6, 6.07) is 8.81.